The lowest BCUT2D eigenvalue weighted by atomic mass is 9.58. The highest BCUT2D eigenvalue weighted by molar-refractivity contribution is 6.24. The molecule has 0 spiro atoms. The Balaban J connectivity index is 1.82. The number of hydrogen-bond donors (Lipinski definition) is 6. The average Bonchev–Trinajstić information content (AvgIpc) is 2.80. The van der Waals surface area contributed by atoms with E-state index >= 15 is 4.39 Å². The van der Waals surface area contributed by atoms with E-state index in [1.807, 2.05) is 13.8 Å². The topological polar surface area (TPSA) is 173 Å². The first kappa shape index (κ1) is 27.7. The highest BCUT2D eigenvalue weighted by Gasteiger charge is 2.63. The molecule has 4 atom stereocenters. The van der Waals surface area contributed by atoms with Crippen LogP contribution in [0.1, 0.15) is 48.2 Å². The monoisotopic (exact) mass is 531 g/mol. The van der Waals surface area contributed by atoms with Gasteiger partial charge in [-0.1, -0.05) is 13.8 Å². The number of ketones is 2. The first-order chi connectivity index (χ1) is 17.7. The molecule has 0 aliphatic heterocycles. The fourth-order valence-electron chi connectivity index (χ4n) is 6.08. The van der Waals surface area contributed by atoms with Gasteiger partial charge in [0.05, 0.1) is 11.6 Å². The van der Waals surface area contributed by atoms with Gasteiger partial charge >= 0.3 is 0 Å². The summed E-state index contributed by atoms with van der Waals surface area (Å²) in [5.41, 5.74) is 1.43. The maximum Gasteiger partial charge on any atom is 0.255 e. The molecule has 10 nitrogen and oxygen atoms in total. The number of rotatable bonds is 7. The Morgan fingerprint density at radius 3 is 2.50 bits per heavy atom. The Morgan fingerprint density at radius 2 is 1.92 bits per heavy atom. The van der Waals surface area contributed by atoms with Crippen LogP contribution < -0.4 is 11.1 Å². The number of aliphatic hydroxyl groups is 3. The van der Waals surface area contributed by atoms with E-state index in [-0.39, 0.29) is 41.6 Å². The van der Waals surface area contributed by atoms with Crippen LogP contribution in [0.3, 0.4) is 0 Å². The van der Waals surface area contributed by atoms with Crippen LogP contribution in [-0.4, -0.2) is 75.1 Å². The van der Waals surface area contributed by atoms with Gasteiger partial charge in [0, 0.05) is 23.6 Å². The number of likely N-dealkylation sites (N-methyl/N-ethyl adjacent to an activating group) is 1. The Hall–Kier alpha value is -3.28. The summed E-state index contributed by atoms with van der Waals surface area (Å²) in [6.45, 7) is 4.62. The smallest absolute Gasteiger partial charge is 0.255 e. The number of carbonyl (C=O) groups excluding carboxylic acids is 3. The van der Waals surface area contributed by atoms with Crippen LogP contribution in [-0.2, 0) is 22.6 Å². The molecule has 0 aromatic heterocycles. The molecule has 1 amide bonds. The number of Topliss-reactive ketones (excluding diaryl/α,β-unsaturated/α-hetero) is 2. The number of primary amides is 1. The average molecular weight is 532 g/mol. The minimum absolute atomic E-state index is 0.0273. The molecular formula is C27H34FN3O7. The molecule has 7 N–H and O–H groups in total. The number of nitrogens with zero attached hydrogens (tertiary/aromatic N) is 1. The Kier molecular flexibility index (Phi) is 7.15. The molecule has 0 bridgehead atoms. The van der Waals surface area contributed by atoms with Crippen molar-refractivity contribution in [2.24, 2.45) is 23.5 Å². The van der Waals surface area contributed by atoms with Crippen molar-refractivity contribution in [3.05, 3.63) is 51.2 Å². The number of phenolic OH excluding ortho intramolecular Hbond substituents is 1. The summed E-state index contributed by atoms with van der Waals surface area (Å²) >= 11 is 0. The number of hydrogen-bond acceptors (Lipinski definition) is 9. The summed E-state index contributed by atoms with van der Waals surface area (Å²) in [6, 6.07) is 0.115. The SMILES string of the molecule is CC(C)CCNCc1c(F)cc2c(c1O)C(=O)C1=C(O)[C@]3(O)C(=O)C(C(N)=O)=C(O)[C@@H](N(C)C)[C@@H]3C[C@@H]1C2. The minimum Gasteiger partial charge on any atom is -0.510 e. The number of fused-ring (bicyclic) bond motifs is 3. The predicted molar refractivity (Wildman–Crippen MR) is 135 cm³/mol. The summed E-state index contributed by atoms with van der Waals surface area (Å²) in [5, 5.41) is 47.7. The number of phenols is 1. The van der Waals surface area contributed by atoms with Crippen molar-refractivity contribution in [3.63, 3.8) is 0 Å². The van der Waals surface area contributed by atoms with E-state index in [2.05, 4.69) is 5.32 Å². The molecule has 1 aromatic rings. The van der Waals surface area contributed by atoms with Crippen molar-refractivity contribution in [3.8, 4) is 5.75 Å². The number of carbonyl (C=O) groups is 3. The van der Waals surface area contributed by atoms with Gasteiger partial charge in [-0.2, -0.15) is 0 Å². The van der Waals surface area contributed by atoms with Crippen molar-refractivity contribution in [1.82, 2.24) is 10.2 Å². The zero-order valence-corrected chi connectivity index (χ0v) is 21.8. The van der Waals surface area contributed by atoms with Gasteiger partial charge in [-0.15, -0.1) is 0 Å². The van der Waals surface area contributed by atoms with E-state index in [0.717, 1.165) is 6.42 Å². The largest absolute Gasteiger partial charge is 0.510 e. The van der Waals surface area contributed by atoms with Crippen molar-refractivity contribution in [2.75, 3.05) is 20.6 Å². The molecule has 0 radical (unpaired) electrons. The predicted octanol–water partition coefficient (Wildman–Crippen LogP) is 1.40. The number of nitrogens with two attached hydrogens (primary N) is 1. The van der Waals surface area contributed by atoms with E-state index in [0.29, 0.717) is 12.5 Å². The van der Waals surface area contributed by atoms with E-state index in [1.165, 1.54) is 11.0 Å². The lowest BCUT2D eigenvalue weighted by molar-refractivity contribution is -0.148. The van der Waals surface area contributed by atoms with Gasteiger partial charge in [-0.05, 0) is 63.4 Å². The van der Waals surface area contributed by atoms with Gasteiger partial charge in [0.15, 0.2) is 11.4 Å². The number of allylic oxidation sites excluding steroid dienone is 1. The maximum atomic E-state index is 15.0. The van der Waals surface area contributed by atoms with Crippen LogP contribution >= 0.6 is 0 Å². The molecule has 0 saturated carbocycles. The van der Waals surface area contributed by atoms with Gasteiger partial charge in [0.1, 0.15) is 28.7 Å². The molecule has 206 valence electrons. The second kappa shape index (κ2) is 9.79. The second-order valence-corrected chi connectivity index (χ2v) is 11.0. The highest BCUT2D eigenvalue weighted by atomic mass is 19.1. The third kappa shape index (κ3) is 4.09. The van der Waals surface area contributed by atoms with Gasteiger partial charge in [-0.25, -0.2) is 4.39 Å². The Labute approximate surface area is 219 Å². The number of halogens is 1. The molecule has 3 aliphatic carbocycles. The van der Waals surface area contributed by atoms with E-state index < -0.39 is 69.6 Å². The summed E-state index contributed by atoms with van der Waals surface area (Å²) < 4.78 is 15.0. The fourth-order valence-corrected chi connectivity index (χ4v) is 6.08. The van der Waals surface area contributed by atoms with Gasteiger partial charge in [0.25, 0.3) is 5.91 Å². The molecule has 0 fully saturated rings. The lowest BCUT2D eigenvalue weighted by Crippen LogP contribution is -2.63. The standard InChI is InChI=1S/C27H34FN3O7/c1-11(2)5-6-30-10-14-16(28)9-13-7-12-8-15-20(31(3)4)23(34)19(26(29)37)25(36)27(15,38)24(35)18(12)22(33)17(13)21(14)32/h9,11-12,15,20,30,32,34-35,38H,5-8,10H2,1-4H3,(H2,29,37)/t12-,15-,20-,27-/m0/s1. The molecule has 0 unspecified atom stereocenters. The van der Waals surface area contributed by atoms with Gasteiger partial charge < -0.3 is 31.5 Å². The van der Waals surface area contributed by atoms with Crippen molar-refractivity contribution < 1.29 is 39.2 Å². The fraction of sp³-hybridized carbons (Fsp3) is 0.519. The first-order valence-corrected chi connectivity index (χ1v) is 12.6. The van der Waals surface area contributed by atoms with Crippen LogP contribution in [0.25, 0.3) is 0 Å². The van der Waals surface area contributed by atoms with Gasteiger partial charge in [0.2, 0.25) is 5.78 Å². The van der Waals surface area contributed by atoms with Crippen LogP contribution in [0.5, 0.6) is 5.75 Å². The normalized spacial score (nSPS) is 27.1. The molecule has 3 aliphatic rings. The molecule has 4 rings (SSSR count). The molecule has 0 heterocycles. The number of amides is 1. The summed E-state index contributed by atoms with van der Waals surface area (Å²) in [6.07, 6.45) is 0.820. The zero-order valence-electron chi connectivity index (χ0n) is 21.8. The van der Waals surface area contributed by atoms with Gasteiger partial charge in [-0.3, -0.25) is 19.3 Å². The Bertz CT molecular complexity index is 1290. The molecule has 11 heteroatoms. The van der Waals surface area contributed by atoms with E-state index in [9.17, 15) is 34.8 Å². The van der Waals surface area contributed by atoms with Crippen molar-refractivity contribution >= 4 is 17.5 Å². The Morgan fingerprint density at radius 1 is 1.26 bits per heavy atom. The van der Waals surface area contributed by atoms with Crippen molar-refractivity contribution in [1.29, 1.82) is 0 Å². The molecule has 0 saturated heterocycles. The third-order valence-electron chi connectivity index (χ3n) is 7.96. The maximum absolute atomic E-state index is 15.0. The first-order valence-electron chi connectivity index (χ1n) is 12.6. The lowest BCUT2D eigenvalue weighted by Gasteiger charge is -2.50. The highest BCUT2D eigenvalue weighted by Crippen LogP contribution is 2.52. The van der Waals surface area contributed by atoms with E-state index in [1.54, 1.807) is 14.1 Å². The second-order valence-electron chi connectivity index (χ2n) is 11.0. The molecule has 1 aromatic carbocycles. The number of benzene rings is 1. The number of nitrogens with one attached hydrogen (secondary N) is 1. The van der Waals surface area contributed by atoms with Crippen LogP contribution in [0.2, 0.25) is 0 Å². The summed E-state index contributed by atoms with van der Waals surface area (Å²) in [4.78, 5) is 40.5. The van der Waals surface area contributed by atoms with Crippen LogP contribution in [0.4, 0.5) is 4.39 Å². The van der Waals surface area contributed by atoms with Crippen LogP contribution in [0.15, 0.2) is 28.7 Å². The summed E-state index contributed by atoms with van der Waals surface area (Å²) in [5.74, 6) is -7.70. The molecule has 38 heavy (non-hydrogen) atoms. The summed E-state index contributed by atoms with van der Waals surface area (Å²) in [7, 11) is 3.11. The molecular weight excluding hydrogens is 497 g/mol. The third-order valence-corrected chi connectivity index (χ3v) is 7.96. The number of aromatic hydroxyl groups is 1. The number of aliphatic hydroxyl groups excluding tert-OH is 2. The van der Waals surface area contributed by atoms with E-state index in [4.69, 9.17) is 5.73 Å². The zero-order chi connectivity index (χ0) is 28.3. The van der Waals surface area contributed by atoms with Crippen LogP contribution in [0, 0.1) is 23.6 Å². The minimum atomic E-state index is -2.71. The van der Waals surface area contributed by atoms with Crippen molar-refractivity contribution in [2.45, 2.75) is 51.3 Å². The quantitative estimate of drug-likeness (QED) is 0.224.